The third-order valence-corrected chi connectivity index (χ3v) is 5.04. The largest absolute Gasteiger partial charge is 0.338 e. The lowest BCUT2D eigenvalue weighted by atomic mass is 10.2. The van der Waals surface area contributed by atoms with Crippen molar-refractivity contribution in [3.05, 3.63) is 52.0 Å². The fourth-order valence-electron chi connectivity index (χ4n) is 2.19. The molecule has 2 aromatic heterocycles. The van der Waals surface area contributed by atoms with Gasteiger partial charge in [-0.2, -0.15) is 11.8 Å². The van der Waals surface area contributed by atoms with E-state index in [-0.39, 0.29) is 6.03 Å². The second-order valence-electron chi connectivity index (χ2n) is 5.30. The minimum atomic E-state index is -0.00558. The Bertz CT molecular complexity index is 601. The summed E-state index contributed by atoms with van der Waals surface area (Å²) < 4.78 is 0. The van der Waals surface area contributed by atoms with Crippen LogP contribution >= 0.6 is 23.1 Å². The molecule has 23 heavy (non-hydrogen) atoms. The first-order valence-electron chi connectivity index (χ1n) is 7.65. The first-order chi connectivity index (χ1) is 11.2. The molecule has 0 atom stereocenters. The highest BCUT2D eigenvalue weighted by Crippen LogP contribution is 2.18. The van der Waals surface area contributed by atoms with Crippen molar-refractivity contribution in [3.8, 4) is 0 Å². The van der Waals surface area contributed by atoms with Gasteiger partial charge in [0.25, 0.3) is 0 Å². The molecular weight excluding hydrogens is 326 g/mol. The van der Waals surface area contributed by atoms with E-state index in [1.807, 2.05) is 17.0 Å². The molecule has 0 saturated heterocycles. The number of rotatable bonds is 8. The minimum absolute atomic E-state index is 0.00558. The molecule has 0 aliphatic heterocycles. The van der Waals surface area contributed by atoms with Gasteiger partial charge in [0.15, 0.2) is 0 Å². The second-order valence-corrected chi connectivity index (χ2v) is 7.66. The van der Waals surface area contributed by atoms with Crippen LogP contribution in [0.4, 0.5) is 4.79 Å². The summed E-state index contributed by atoms with van der Waals surface area (Å²) in [4.78, 5) is 20.9. The number of thiophene rings is 1. The molecule has 0 unspecified atom stereocenters. The van der Waals surface area contributed by atoms with Gasteiger partial charge in [-0.25, -0.2) is 4.79 Å². The molecule has 0 radical (unpaired) electrons. The average Bonchev–Trinajstić information content (AvgIpc) is 2.97. The highest BCUT2D eigenvalue weighted by Gasteiger charge is 2.15. The number of carbonyl (C=O) groups is 1. The van der Waals surface area contributed by atoms with Crippen LogP contribution in [0.1, 0.15) is 21.7 Å². The number of hydrogen-bond acceptors (Lipinski definition) is 4. The molecule has 0 aliphatic rings. The number of hydrogen-bond donors (Lipinski definition) is 1. The molecular formula is C17H23N3OS2. The van der Waals surface area contributed by atoms with E-state index in [1.165, 1.54) is 9.75 Å². The van der Waals surface area contributed by atoms with Crippen molar-refractivity contribution < 1.29 is 4.79 Å². The molecule has 0 aromatic carbocycles. The van der Waals surface area contributed by atoms with E-state index >= 15 is 0 Å². The summed E-state index contributed by atoms with van der Waals surface area (Å²) in [5.41, 5.74) is 1.09. The predicted molar refractivity (Wildman–Crippen MR) is 98.9 cm³/mol. The van der Waals surface area contributed by atoms with Gasteiger partial charge in [-0.05, 0) is 55.2 Å². The summed E-state index contributed by atoms with van der Waals surface area (Å²) in [7, 11) is 0. The maximum Gasteiger partial charge on any atom is 0.318 e. The zero-order valence-corrected chi connectivity index (χ0v) is 15.3. The van der Waals surface area contributed by atoms with E-state index < -0.39 is 0 Å². The van der Waals surface area contributed by atoms with E-state index in [0.717, 1.165) is 24.3 Å². The first-order valence-corrected chi connectivity index (χ1v) is 9.86. The number of aromatic nitrogens is 1. The Kier molecular flexibility index (Phi) is 7.42. The Morgan fingerprint density at radius 3 is 2.70 bits per heavy atom. The van der Waals surface area contributed by atoms with Gasteiger partial charge in [-0.1, -0.05) is 0 Å². The van der Waals surface area contributed by atoms with Crippen molar-refractivity contribution in [2.75, 3.05) is 18.6 Å². The lowest BCUT2D eigenvalue weighted by molar-refractivity contribution is 0.193. The average molecular weight is 350 g/mol. The molecule has 1 N–H and O–H groups in total. The SMILES string of the molecule is CSCCCNC(=O)N(Cc1ccncc1)Cc1ccc(C)s1. The number of aryl methyl sites for hydroxylation is 1. The molecule has 2 aromatic rings. The number of nitrogens with zero attached hydrogens (tertiary/aromatic N) is 2. The Morgan fingerprint density at radius 1 is 1.26 bits per heavy atom. The van der Waals surface area contributed by atoms with E-state index in [1.54, 1.807) is 35.5 Å². The minimum Gasteiger partial charge on any atom is -0.338 e. The summed E-state index contributed by atoms with van der Waals surface area (Å²) in [6.07, 6.45) is 6.60. The maximum absolute atomic E-state index is 12.5. The fourth-order valence-corrected chi connectivity index (χ4v) is 3.53. The number of amides is 2. The fraction of sp³-hybridized carbons (Fsp3) is 0.412. The van der Waals surface area contributed by atoms with E-state index in [0.29, 0.717) is 13.1 Å². The van der Waals surface area contributed by atoms with E-state index in [4.69, 9.17) is 0 Å². The summed E-state index contributed by atoms with van der Waals surface area (Å²) >= 11 is 3.54. The monoisotopic (exact) mass is 349 g/mol. The Labute approximate surface area is 146 Å². The van der Waals surface area contributed by atoms with Gasteiger partial charge in [-0.3, -0.25) is 4.98 Å². The number of urea groups is 1. The van der Waals surface area contributed by atoms with Crippen molar-refractivity contribution in [2.24, 2.45) is 0 Å². The normalized spacial score (nSPS) is 10.5. The quantitative estimate of drug-likeness (QED) is 0.735. The molecule has 124 valence electrons. The summed E-state index contributed by atoms with van der Waals surface area (Å²) in [6, 6.07) is 8.09. The molecule has 0 spiro atoms. The van der Waals surface area contributed by atoms with Crippen LogP contribution in [0.3, 0.4) is 0 Å². The van der Waals surface area contributed by atoms with Crippen LogP contribution in [0, 0.1) is 6.92 Å². The van der Waals surface area contributed by atoms with Gasteiger partial charge in [0.2, 0.25) is 0 Å². The Balaban J connectivity index is 1.99. The smallest absolute Gasteiger partial charge is 0.318 e. The predicted octanol–water partition coefficient (Wildman–Crippen LogP) is 3.92. The topological polar surface area (TPSA) is 45.2 Å². The van der Waals surface area contributed by atoms with E-state index in [2.05, 4.69) is 35.6 Å². The van der Waals surface area contributed by atoms with Crippen molar-refractivity contribution in [1.82, 2.24) is 15.2 Å². The Hall–Kier alpha value is -1.53. The van der Waals surface area contributed by atoms with Crippen molar-refractivity contribution in [1.29, 1.82) is 0 Å². The number of thioether (sulfide) groups is 1. The zero-order chi connectivity index (χ0) is 16.5. The van der Waals surface area contributed by atoms with E-state index in [9.17, 15) is 4.79 Å². The van der Waals surface area contributed by atoms with Crippen LogP contribution in [-0.4, -0.2) is 34.5 Å². The van der Waals surface area contributed by atoms with Crippen molar-refractivity contribution in [2.45, 2.75) is 26.4 Å². The molecule has 0 bridgehead atoms. The molecule has 0 fully saturated rings. The maximum atomic E-state index is 12.5. The van der Waals surface area contributed by atoms with Crippen LogP contribution in [0.15, 0.2) is 36.7 Å². The standard InChI is InChI=1S/C17H23N3OS2/c1-14-4-5-16(23-14)13-20(12-15-6-9-18-10-7-15)17(21)19-8-3-11-22-2/h4-7,9-10H,3,8,11-13H2,1-2H3,(H,19,21). The summed E-state index contributed by atoms with van der Waals surface area (Å²) in [5.74, 6) is 1.06. The number of pyridine rings is 1. The molecule has 2 heterocycles. The highest BCUT2D eigenvalue weighted by atomic mass is 32.2. The third-order valence-electron chi connectivity index (χ3n) is 3.35. The number of carbonyl (C=O) groups excluding carboxylic acids is 1. The number of nitrogens with one attached hydrogen (secondary N) is 1. The van der Waals surface area contributed by atoms with Gasteiger partial charge in [0.1, 0.15) is 0 Å². The van der Waals surface area contributed by atoms with Crippen LogP contribution in [0.2, 0.25) is 0 Å². The van der Waals surface area contributed by atoms with Gasteiger partial charge < -0.3 is 10.2 Å². The van der Waals surface area contributed by atoms with Crippen LogP contribution in [0.25, 0.3) is 0 Å². The first kappa shape index (κ1) is 17.8. The van der Waals surface area contributed by atoms with Crippen LogP contribution in [-0.2, 0) is 13.1 Å². The highest BCUT2D eigenvalue weighted by molar-refractivity contribution is 7.98. The van der Waals surface area contributed by atoms with Crippen LogP contribution < -0.4 is 5.32 Å². The molecule has 4 nitrogen and oxygen atoms in total. The zero-order valence-electron chi connectivity index (χ0n) is 13.6. The summed E-state index contributed by atoms with van der Waals surface area (Å²) in [5, 5.41) is 3.03. The third kappa shape index (κ3) is 6.23. The Morgan fingerprint density at radius 2 is 2.04 bits per heavy atom. The van der Waals surface area contributed by atoms with Gasteiger partial charge >= 0.3 is 6.03 Å². The second kappa shape index (κ2) is 9.57. The molecule has 6 heteroatoms. The van der Waals surface area contributed by atoms with Gasteiger partial charge in [0.05, 0.1) is 6.54 Å². The van der Waals surface area contributed by atoms with Crippen molar-refractivity contribution in [3.63, 3.8) is 0 Å². The van der Waals surface area contributed by atoms with Crippen LogP contribution in [0.5, 0.6) is 0 Å². The molecule has 2 amide bonds. The van der Waals surface area contributed by atoms with Gasteiger partial charge in [-0.15, -0.1) is 11.3 Å². The molecule has 0 saturated carbocycles. The van der Waals surface area contributed by atoms with Crippen molar-refractivity contribution >= 4 is 29.1 Å². The lowest BCUT2D eigenvalue weighted by Gasteiger charge is -2.22. The van der Waals surface area contributed by atoms with Gasteiger partial charge in [0, 0.05) is 35.2 Å². The summed E-state index contributed by atoms with van der Waals surface area (Å²) in [6.45, 7) is 4.03. The molecule has 0 aliphatic carbocycles. The lowest BCUT2D eigenvalue weighted by Crippen LogP contribution is -2.39. The molecule has 2 rings (SSSR count).